The molecule has 1 amide bonds. The molecule has 130 valence electrons. The van der Waals surface area contributed by atoms with Crippen LogP contribution in [0.4, 0.5) is 0 Å². The first-order valence-corrected chi connectivity index (χ1v) is 9.10. The molecule has 3 aromatic rings. The summed E-state index contributed by atoms with van der Waals surface area (Å²) in [5.41, 5.74) is 3.26. The Morgan fingerprint density at radius 3 is 2.84 bits per heavy atom. The molecule has 25 heavy (non-hydrogen) atoms. The number of nitrogens with one attached hydrogen (secondary N) is 1. The minimum atomic E-state index is -0.0649. The number of fused-ring (bicyclic) bond motifs is 1. The molecule has 5 nitrogen and oxygen atoms in total. The van der Waals surface area contributed by atoms with Gasteiger partial charge in [-0.3, -0.25) is 4.79 Å². The molecule has 0 aliphatic heterocycles. The number of carbonyl (C=O) groups excluding carboxylic acids is 1. The van der Waals surface area contributed by atoms with Gasteiger partial charge >= 0.3 is 0 Å². The lowest BCUT2D eigenvalue weighted by Crippen LogP contribution is -2.26. The Balaban J connectivity index is 1.65. The number of nitrogens with zero attached hydrogens (tertiary/aromatic N) is 1. The lowest BCUT2D eigenvalue weighted by molar-refractivity contribution is 0.0948. The Bertz CT molecular complexity index is 814. The second-order valence-corrected chi connectivity index (χ2v) is 6.42. The average Bonchev–Trinajstić information content (AvgIpc) is 3.06. The maximum Gasteiger partial charge on any atom is 0.257 e. The zero-order valence-corrected chi connectivity index (χ0v) is 14.8. The third-order valence-corrected chi connectivity index (χ3v) is 4.58. The topological polar surface area (TPSA) is 64.4 Å². The largest absolute Gasteiger partial charge is 0.431 e. The van der Waals surface area contributed by atoms with E-state index in [1.807, 2.05) is 48.5 Å². The summed E-state index contributed by atoms with van der Waals surface area (Å²) in [6.45, 7) is 1.23. The van der Waals surface area contributed by atoms with Gasteiger partial charge in [-0.2, -0.15) is 0 Å². The summed E-state index contributed by atoms with van der Waals surface area (Å²) in [6.07, 6.45) is 0.794. The first kappa shape index (κ1) is 17.5. The molecule has 0 saturated heterocycles. The second kappa shape index (κ2) is 8.69. The van der Waals surface area contributed by atoms with Gasteiger partial charge in [0.2, 0.25) is 0 Å². The van der Waals surface area contributed by atoms with E-state index in [1.165, 1.54) is 11.8 Å². The van der Waals surface area contributed by atoms with Gasteiger partial charge in [0.05, 0.1) is 0 Å². The highest BCUT2D eigenvalue weighted by atomic mass is 32.2. The van der Waals surface area contributed by atoms with Crippen LogP contribution in [0.15, 0.2) is 58.2 Å². The minimum absolute atomic E-state index is 0.0649. The molecule has 0 aliphatic carbocycles. The third kappa shape index (κ3) is 4.61. The van der Waals surface area contributed by atoms with Crippen molar-refractivity contribution in [2.45, 2.75) is 17.4 Å². The number of thioether (sulfide) groups is 1. The summed E-state index contributed by atoms with van der Waals surface area (Å²) < 4.78 is 10.7. The van der Waals surface area contributed by atoms with E-state index in [2.05, 4.69) is 10.3 Å². The molecule has 2 aromatic carbocycles. The zero-order chi connectivity index (χ0) is 17.5. The van der Waals surface area contributed by atoms with E-state index in [-0.39, 0.29) is 5.91 Å². The van der Waals surface area contributed by atoms with Crippen molar-refractivity contribution in [3.63, 3.8) is 0 Å². The molecule has 0 bridgehead atoms. The quantitative estimate of drug-likeness (QED) is 0.490. The SMILES string of the molecule is COCCCNC(=O)c1ccccc1CSc1nc2ccccc2o1. The smallest absolute Gasteiger partial charge is 0.257 e. The van der Waals surface area contributed by atoms with E-state index >= 15 is 0 Å². The number of rotatable bonds is 8. The van der Waals surface area contributed by atoms with Crippen LogP contribution in [0.2, 0.25) is 0 Å². The lowest BCUT2D eigenvalue weighted by Gasteiger charge is -2.09. The summed E-state index contributed by atoms with van der Waals surface area (Å²) in [5.74, 6) is 0.555. The third-order valence-electron chi connectivity index (χ3n) is 3.70. The van der Waals surface area contributed by atoms with Crippen molar-refractivity contribution in [2.75, 3.05) is 20.3 Å². The monoisotopic (exact) mass is 356 g/mol. The van der Waals surface area contributed by atoms with Crippen molar-refractivity contribution >= 4 is 28.8 Å². The van der Waals surface area contributed by atoms with Crippen molar-refractivity contribution < 1.29 is 13.9 Å². The molecule has 0 atom stereocenters. The van der Waals surface area contributed by atoms with Gasteiger partial charge in [0, 0.05) is 31.6 Å². The van der Waals surface area contributed by atoms with Gasteiger partial charge in [0.15, 0.2) is 5.58 Å². The van der Waals surface area contributed by atoms with E-state index < -0.39 is 0 Å². The van der Waals surface area contributed by atoms with Crippen LogP contribution in [0.5, 0.6) is 0 Å². The van der Waals surface area contributed by atoms with E-state index in [4.69, 9.17) is 9.15 Å². The number of oxazole rings is 1. The molecule has 1 N–H and O–H groups in total. The Hall–Kier alpha value is -2.31. The van der Waals surface area contributed by atoms with Crippen molar-refractivity contribution in [3.8, 4) is 0 Å². The summed E-state index contributed by atoms with van der Waals surface area (Å²) >= 11 is 1.49. The van der Waals surface area contributed by atoms with Crippen molar-refractivity contribution in [1.29, 1.82) is 0 Å². The normalized spacial score (nSPS) is 10.9. The van der Waals surface area contributed by atoms with Gasteiger partial charge in [0.1, 0.15) is 5.52 Å². The Morgan fingerprint density at radius 2 is 2.00 bits per heavy atom. The van der Waals surface area contributed by atoms with Crippen LogP contribution in [0.1, 0.15) is 22.3 Å². The van der Waals surface area contributed by atoms with Gasteiger partial charge in [-0.15, -0.1) is 0 Å². The van der Waals surface area contributed by atoms with Crippen LogP contribution in [0, 0.1) is 0 Å². The van der Waals surface area contributed by atoms with E-state index in [1.54, 1.807) is 7.11 Å². The van der Waals surface area contributed by atoms with E-state index in [0.29, 0.717) is 29.7 Å². The molecule has 0 aliphatic rings. The molecule has 6 heteroatoms. The minimum Gasteiger partial charge on any atom is -0.431 e. The first-order chi connectivity index (χ1) is 12.3. The Morgan fingerprint density at radius 1 is 1.20 bits per heavy atom. The summed E-state index contributed by atoms with van der Waals surface area (Å²) in [6, 6.07) is 15.3. The van der Waals surface area contributed by atoms with Crippen LogP contribution in [-0.4, -0.2) is 31.2 Å². The number of ether oxygens (including phenoxy) is 1. The molecular formula is C19H20N2O3S. The highest BCUT2D eigenvalue weighted by molar-refractivity contribution is 7.98. The number of methoxy groups -OCH3 is 1. The zero-order valence-electron chi connectivity index (χ0n) is 14.0. The first-order valence-electron chi connectivity index (χ1n) is 8.11. The predicted octanol–water partition coefficient (Wildman–Crippen LogP) is 3.89. The van der Waals surface area contributed by atoms with Gasteiger partial charge in [-0.05, 0) is 30.2 Å². The van der Waals surface area contributed by atoms with Crippen LogP contribution in [0.25, 0.3) is 11.1 Å². The highest BCUT2D eigenvalue weighted by Gasteiger charge is 2.12. The lowest BCUT2D eigenvalue weighted by atomic mass is 10.1. The van der Waals surface area contributed by atoms with Gasteiger partial charge in [-0.1, -0.05) is 42.1 Å². The maximum atomic E-state index is 12.4. The standard InChI is InChI=1S/C19H20N2O3S/c1-23-12-6-11-20-18(22)15-8-3-2-7-14(15)13-25-19-21-16-9-4-5-10-17(16)24-19/h2-5,7-10H,6,11-13H2,1H3,(H,20,22). The molecule has 0 spiro atoms. The molecule has 0 saturated carbocycles. The average molecular weight is 356 g/mol. The summed E-state index contributed by atoms with van der Waals surface area (Å²) in [4.78, 5) is 16.8. The fourth-order valence-corrected chi connectivity index (χ4v) is 3.28. The second-order valence-electron chi connectivity index (χ2n) is 5.50. The van der Waals surface area contributed by atoms with Gasteiger partial charge in [-0.25, -0.2) is 4.98 Å². The van der Waals surface area contributed by atoms with Crippen molar-refractivity contribution in [3.05, 3.63) is 59.7 Å². The molecule has 1 heterocycles. The number of carbonyl (C=O) groups is 1. The number of hydrogen-bond acceptors (Lipinski definition) is 5. The molecule has 0 fully saturated rings. The Labute approximate surface area is 150 Å². The summed E-state index contributed by atoms with van der Waals surface area (Å²) in [5, 5.41) is 3.53. The fourth-order valence-electron chi connectivity index (χ4n) is 2.43. The van der Waals surface area contributed by atoms with Crippen LogP contribution < -0.4 is 5.32 Å². The fraction of sp³-hybridized carbons (Fsp3) is 0.263. The van der Waals surface area contributed by atoms with Gasteiger partial charge < -0.3 is 14.5 Å². The van der Waals surface area contributed by atoms with Crippen LogP contribution in [0.3, 0.4) is 0 Å². The highest BCUT2D eigenvalue weighted by Crippen LogP contribution is 2.27. The van der Waals surface area contributed by atoms with Crippen LogP contribution >= 0.6 is 11.8 Å². The number of aromatic nitrogens is 1. The summed E-state index contributed by atoms with van der Waals surface area (Å²) in [7, 11) is 1.65. The Kier molecular flexibility index (Phi) is 6.09. The number of para-hydroxylation sites is 2. The maximum absolute atomic E-state index is 12.4. The molecule has 0 radical (unpaired) electrons. The van der Waals surface area contributed by atoms with Crippen molar-refractivity contribution in [2.24, 2.45) is 0 Å². The van der Waals surface area contributed by atoms with Gasteiger partial charge in [0.25, 0.3) is 11.1 Å². The number of amides is 1. The molecule has 0 unspecified atom stereocenters. The van der Waals surface area contributed by atoms with E-state index in [0.717, 1.165) is 23.1 Å². The molecule has 3 rings (SSSR count). The van der Waals surface area contributed by atoms with Crippen LogP contribution in [-0.2, 0) is 10.5 Å². The number of hydrogen-bond donors (Lipinski definition) is 1. The molecule has 1 aromatic heterocycles. The predicted molar refractivity (Wildman–Crippen MR) is 98.8 cm³/mol. The number of benzene rings is 2. The van der Waals surface area contributed by atoms with E-state index in [9.17, 15) is 4.79 Å². The van der Waals surface area contributed by atoms with Crippen molar-refractivity contribution in [1.82, 2.24) is 10.3 Å². The molecular weight excluding hydrogens is 336 g/mol.